The van der Waals surface area contributed by atoms with Crippen molar-refractivity contribution in [1.82, 2.24) is 9.38 Å². The number of aromatic nitrogens is 2. The Bertz CT molecular complexity index is 1130. The van der Waals surface area contributed by atoms with Crippen LogP contribution in [0.2, 0.25) is 0 Å². The molecule has 2 aromatic carbocycles. The number of nitrogens with zero attached hydrogens (tertiary/aromatic N) is 3. The van der Waals surface area contributed by atoms with Crippen molar-refractivity contribution in [3.8, 4) is 17.0 Å². The number of hydrogen-bond donors (Lipinski definition) is 1. The number of hydrogen-bond acceptors (Lipinski definition) is 3. The number of aliphatic imine (C=N–C) groups is 1. The summed E-state index contributed by atoms with van der Waals surface area (Å²) < 4.78 is 2.91. The Labute approximate surface area is 159 Å². The SMILES string of the molecule is Cc1ccn2cc(-c3cccc(N=Cc4cc(Br)ccc4O)c3)nc2c1. The zero-order valence-electron chi connectivity index (χ0n) is 14.1. The van der Waals surface area contributed by atoms with E-state index in [2.05, 4.69) is 40.0 Å². The molecule has 128 valence electrons. The van der Waals surface area contributed by atoms with Crippen molar-refractivity contribution in [1.29, 1.82) is 0 Å². The number of imidazole rings is 1. The lowest BCUT2D eigenvalue weighted by atomic mass is 10.1. The summed E-state index contributed by atoms with van der Waals surface area (Å²) in [6, 6.07) is 17.3. The van der Waals surface area contributed by atoms with Crippen molar-refractivity contribution in [2.45, 2.75) is 6.92 Å². The van der Waals surface area contributed by atoms with Crippen LogP contribution in [0, 0.1) is 6.92 Å². The third kappa shape index (κ3) is 3.39. The molecule has 4 aromatic rings. The van der Waals surface area contributed by atoms with Gasteiger partial charge in [0.1, 0.15) is 11.4 Å². The van der Waals surface area contributed by atoms with E-state index in [1.165, 1.54) is 5.56 Å². The van der Waals surface area contributed by atoms with Crippen LogP contribution in [-0.2, 0) is 0 Å². The number of benzene rings is 2. The van der Waals surface area contributed by atoms with Gasteiger partial charge in [-0.2, -0.15) is 0 Å². The lowest BCUT2D eigenvalue weighted by Gasteiger charge is -2.01. The summed E-state index contributed by atoms with van der Waals surface area (Å²) in [4.78, 5) is 9.19. The predicted octanol–water partition coefficient (Wildman–Crippen LogP) is 5.53. The van der Waals surface area contributed by atoms with Crippen LogP contribution in [0.5, 0.6) is 5.75 Å². The summed E-state index contributed by atoms with van der Waals surface area (Å²) in [6.07, 6.45) is 5.68. The summed E-state index contributed by atoms with van der Waals surface area (Å²) in [7, 11) is 0. The van der Waals surface area contributed by atoms with E-state index in [1.54, 1.807) is 18.3 Å². The number of aryl methyl sites for hydroxylation is 1. The average molecular weight is 406 g/mol. The van der Waals surface area contributed by atoms with Gasteiger partial charge in [0, 0.05) is 34.2 Å². The standard InChI is InChI=1S/C21H16BrN3O/c1-14-7-8-25-13-19(24-21(25)9-14)15-3-2-4-18(11-15)23-12-16-10-17(22)5-6-20(16)26/h2-13,26H,1H3. The van der Waals surface area contributed by atoms with Crippen molar-refractivity contribution in [2.75, 3.05) is 0 Å². The molecule has 26 heavy (non-hydrogen) atoms. The predicted molar refractivity (Wildman–Crippen MR) is 108 cm³/mol. The van der Waals surface area contributed by atoms with Crippen molar-refractivity contribution < 1.29 is 5.11 Å². The maximum atomic E-state index is 9.92. The van der Waals surface area contributed by atoms with Gasteiger partial charge in [0.05, 0.1) is 11.4 Å². The first-order valence-corrected chi connectivity index (χ1v) is 8.96. The van der Waals surface area contributed by atoms with E-state index in [0.29, 0.717) is 5.56 Å². The number of phenolic OH excluding ortho intramolecular Hbond substituents is 1. The van der Waals surface area contributed by atoms with Crippen LogP contribution in [0.25, 0.3) is 16.9 Å². The Morgan fingerprint density at radius 1 is 1.12 bits per heavy atom. The molecule has 0 saturated carbocycles. The average Bonchev–Trinajstić information content (AvgIpc) is 3.06. The fourth-order valence-electron chi connectivity index (χ4n) is 2.74. The van der Waals surface area contributed by atoms with Crippen molar-refractivity contribution in [3.05, 3.63) is 82.6 Å². The van der Waals surface area contributed by atoms with E-state index in [0.717, 1.165) is 27.1 Å². The molecule has 0 aliphatic carbocycles. The topological polar surface area (TPSA) is 49.9 Å². The molecule has 0 atom stereocenters. The summed E-state index contributed by atoms with van der Waals surface area (Å²) >= 11 is 3.40. The zero-order chi connectivity index (χ0) is 18.1. The minimum atomic E-state index is 0.198. The highest BCUT2D eigenvalue weighted by molar-refractivity contribution is 9.10. The monoisotopic (exact) mass is 405 g/mol. The van der Waals surface area contributed by atoms with Crippen LogP contribution in [0.3, 0.4) is 0 Å². The van der Waals surface area contributed by atoms with E-state index >= 15 is 0 Å². The summed E-state index contributed by atoms with van der Waals surface area (Å²) in [6.45, 7) is 2.06. The van der Waals surface area contributed by atoms with E-state index in [-0.39, 0.29) is 5.75 Å². The van der Waals surface area contributed by atoms with Gasteiger partial charge >= 0.3 is 0 Å². The van der Waals surface area contributed by atoms with Gasteiger partial charge in [-0.3, -0.25) is 4.99 Å². The largest absolute Gasteiger partial charge is 0.507 e. The third-order valence-corrected chi connectivity index (χ3v) is 4.59. The van der Waals surface area contributed by atoms with E-state index < -0.39 is 0 Å². The molecule has 0 amide bonds. The highest BCUT2D eigenvalue weighted by Crippen LogP contribution is 2.25. The number of phenols is 1. The molecule has 0 saturated heterocycles. The van der Waals surface area contributed by atoms with Gasteiger partial charge in [-0.05, 0) is 55.0 Å². The Morgan fingerprint density at radius 2 is 2.00 bits per heavy atom. The van der Waals surface area contributed by atoms with Crippen LogP contribution in [0.1, 0.15) is 11.1 Å². The second-order valence-corrected chi connectivity index (χ2v) is 7.02. The van der Waals surface area contributed by atoms with Crippen LogP contribution >= 0.6 is 15.9 Å². The number of halogens is 1. The summed E-state index contributed by atoms with van der Waals surface area (Å²) in [5.74, 6) is 0.198. The van der Waals surface area contributed by atoms with Gasteiger partial charge in [-0.15, -0.1) is 0 Å². The second kappa shape index (κ2) is 6.77. The molecule has 0 aliphatic rings. The van der Waals surface area contributed by atoms with Crippen LogP contribution in [0.15, 0.2) is 76.5 Å². The van der Waals surface area contributed by atoms with Gasteiger partial charge in [-0.25, -0.2) is 4.98 Å². The molecule has 5 heteroatoms. The van der Waals surface area contributed by atoms with Crippen molar-refractivity contribution in [2.24, 2.45) is 4.99 Å². The van der Waals surface area contributed by atoms with Gasteiger partial charge in [0.15, 0.2) is 0 Å². The first-order chi connectivity index (χ1) is 12.6. The molecule has 0 spiro atoms. The highest BCUT2D eigenvalue weighted by Gasteiger charge is 2.05. The number of fused-ring (bicyclic) bond motifs is 1. The molecule has 1 N–H and O–H groups in total. The first kappa shape index (κ1) is 16.5. The smallest absolute Gasteiger partial charge is 0.137 e. The third-order valence-electron chi connectivity index (χ3n) is 4.10. The van der Waals surface area contributed by atoms with E-state index in [1.807, 2.05) is 47.1 Å². The number of aromatic hydroxyl groups is 1. The van der Waals surface area contributed by atoms with Crippen molar-refractivity contribution >= 4 is 33.5 Å². The molecule has 2 aromatic heterocycles. The molecule has 0 aliphatic heterocycles. The maximum absolute atomic E-state index is 9.92. The van der Waals surface area contributed by atoms with Crippen LogP contribution in [0.4, 0.5) is 5.69 Å². The lowest BCUT2D eigenvalue weighted by molar-refractivity contribution is 0.474. The van der Waals surface area contributed by atoms with Crippen LogP contribution in [-0.4, -0.2) is 20.7 Å². The van der Waals surface area contributed by atoms with Gasteiger partial charge in [-0.1, -0.05) is 28.1 Å². The molecule has 2 heterocycles. The molecule has 0 radical (unpaired) electrons. The second-order valence-electron chi connectivity index (χ2n) is 6.11. The Morgan fingerprint density at radius 3 is 2.88 bits per heavy atom. The summed E-state index contributed by atoms with van der Waals surface area (Å²) in [5, 5.41) is 9.92. The van der Waals surface area contributed by atoms with E-state index in [9.17, 15) is 5.11 Å². The Hall–Kier alpha value is -2.92. The number of rotatable bonds is 3. The highest BCUT2D eigenvalue weighted by atomic mass is 79.9. The molecule has 0 unspecified atom stereocenters. The van der Waals surface area contributed by atoms with Gasteiger partial charge in [0.25, 0.3) is 0 Å². The zero-order valence-corrected chi connectivity index (χ0v) is 15.7. The molecule has 4 nitrogen and oxygen atoms in total. The first-order valence-electron chi connectivity index (χ1n) is 8.17. The minimum absolute atomic E-state index is 0.198. The summed E-state index contributed by atoms with van der Waals surface area (Å²) in [5.41, 5.74) is 5.47. The van der Waals surface area contributed by atoms with Gasteiger partial charge < -0.3 is 9.51 Å². The molecular formula is C21H16BrN3O. The molecule has 0 fully saturated rings. The Kier molecular flexibility index (Phi) is 4.31. The lowest BCUT2D eigenvalue weighted by Crippen LogP contribution is -1.82. The fraction of sp³-hybridized carbons (Fsp3) is 0.0476. The minimum Gasteiger partial charge on any atom is -0.507 e. The number of pyridine rings is 1. The fourth-order valence-corrected chi connectivity index (χ4v) is 3.12. The van der Waals surface area contributed by atoms with E-state index in [4.69, 9.17) is 4.98 Å². The van der Waals surface area contributed by atoms with Crippen LogP contribution < -0.4 is 0 Å². The normalized spacial score (nSPS) is 11.5. The Balaban J connectivity index is 1.67. The molecule has 0 bridgehead atoms. The molecular weight excluding hydrogens is 390 g/mol. The van der Waals surface area contributed by atoms with Crippen molar-refractivity contribution in [3.63, 3.8) is 0 Å². The maximum Gasteiger partial charge on any atom is 0.137 e. The quantitative estimate of drug-likeness (QED) is 0.455. The molecule has 4 rings (SSSR count). The van der Waals surface area contributed by atoms with Gasteiger partial charge in [0.2, 0.25) is 0 Å².